The minimum atomic E-state index is -0.235. The molecule has 0 spiro atoms. The summed E-state index contributed by atoms with van der Waals surface area (Å²) < 4.78 is 0. The molecule has 3 rings (SSSR count). The Hall–Kier alpha value is -1.98. The molecule has 0 saturated carbocycles. The first-order chi connectivity index (χ1) is 11.0. The SMILES string of the molecule is Cc1ccc(Cl)cc1NC(=O)c1ccc2c(c1)NC(=O)CCS2. The minimum absolute atomic E-state index is 0.0282. The maximum absolute atomic E-state index is 12.5. The standard InChI is InChI=1S/C17H15ClN2O2S/c1-10-2-4-12(18)9-13(10)20-17(22)11-3-5-15-14(8-11)19-16(21)6-7-23-15/h2-5,8-9H,6-7H2,1H3,(H,19,21)(H,20,22). The molecular weight excluding hydrogens is 332 g/mol. The number of hydrogen-bond acceptors (Lipinski definition) is 3. The van der Waals surface area contributed by atoms with Crippen molar-refractivity contribution in [1.29, 1.82) is 0 Å². The fraction of sp³-hybridized carbons (Fsp3) is 0.176. The zero-order valence-electron chi connectivity index (χ0n) is 12.5. The lowest BCUT2D eigenvalue weighted by molar-refractivity contribution is -0.115. The number of anilines is 2. The Kier molecular flexibility index (Phi) is 4.59. The first kappa shape index (κ1) is 15.9. The van der Waals surface area contributed by atoms with Gasteiger partial charge in [0.2, 0.25) is 5.91 Å². The van der Waals surface area contributed by atoms with Gasteiger partial charge in [-0.25, -0.2) is 0 Å². The molecule has 0 unspecified atom stereocenters. The van der Waals surface area contributed by atoms with Gasteiger partial charge in [0.1, 0.15) is 0 Å². The number of rotatable bonds is 2. The van der Waals surface area contributed by atoms with E-state index in [-0.39, 0.29) is 11.8 Å². The van der Waals surface area contributed by atoms with Gasteiger partial charge in [0.05, 0.1) is 5.69 Å². The summed E-state index contributed by atoms with van der Waals surface area (Å²) in [4.78, 5) is 25.1. The van der Waals surface area contributed by atoms with Crippen molar-refractivity contribution in [3.63, 3.8) is 0 Å². The van der Waals surface area contributed by atoms with E-state index in [1.807, 2.05) is 19.1 Å². The van der Waals surface area contributed by atoms with Crippen LogP contribution in [0.5, 0.6) is 0 Å². The van der Waals surface area contributed by atoms with Crippen LogP contribution in [-0.2, 0) is 4.79 Å². The number of halogens is 1. The van der Waals surface area contributed by atoms with E-state index in [9.17, 15) is 9.59 Å². The number of carbonyl (C=O) groups is 2. The molecule has 1 aliphatic rings. The number of hydrogen-bond donors (Lipinski definition) is 2. The number of benzene rings is 2. The van der Waals surface area contributed by atoms with Gasteiger partial charge in [0.25, 0.3) is 5.91 Å². The Labute approximate surface area is 143 Å². The Morgan fingerprint density at radius 3 is 2.91 bits per heavy atom. The van der Waals surface area contributed by atoms with Crippen LogP contribution in [0.1, 0.15) is 22.3 Å². The van der Waals surface area contributed by atoms with Crippen LogP contribution >= 0.6 is 23.4 Å². The van der Waals surface area contributed by atoms with E-state index < -0.39 is 0 Å². The molecule has 118 valence electrons. The normalized spacial score (nSPS) is 13.7. The van der Waals surface area contributed by atoms with Crippen LogP contribution in [0.15, 0.2) is 41.3 Å². The average molecular weight is 347 g/mol. The number of thioether (sulfide) groups is 1. The van der Waals surface area contributed by atoms with Crippen molar-refractivity contribution in [1.82, 2.24) is 0 Å². The highest BCUT2D eigenvalue weighted by molar-refractivity contribution is 7.99. The summed E-state index contributed by atoms with van der Waals surface area (Å²) >= 11 is 7.58. The fourth-order valence-corrected chi connectivity index (χ4v) is 3.39. The molecule has 6 heteroatoms. The number of aryl methyl sites for hydroxylation is 1. The first-order valence-corrected chi connectivity index (χ1v) is 8.53. The van der Waals surface area contributed by atoms with Crippen molar-refractivity contribution >= 4 is 46.6 Å². The monoisotopic (exact) mass is 346 g/mol. The van der Waals surface area contributed by atoms with E-state index in [2.05, 4.69) is 10.6 Å². The molecule has 1 heterocycles. The molecule has 2 N–H and O–H groups in total. The van der Waals surface area contributed by atoms with Gasteiger partial charge >= 0.3 is 0 Å². The van der Waals surface area contributed by atoms with Gasteiger partial charge in [-0.15, -0.1) is 11.8 Å². The quantitative estimate of drug-likeness (QED) is 0.850. The Bertz CT molecular complexity index is 792. The molecule has 2 aromatic rings. The van der Waals surface area contributed by atoms with Crippen molar-refractivity contribution in [2.45, 2.75) is 18.2 Å². The fourth-order valence-electron chi connectivity index (χ4n) is 2.28. The topological polar surface area (TPSA) is 58.2 Å². The van der Waals surface area contributed by atoms with Gasteiger partial charge in [-0.05, 0) is 42.8 Å². The van der Waals surface area contributed by atoms with Gasteiger partial charge in [-0.3, -0.25) is 9.59 Å². The van der Waals surface area contributed by atoms with Crippen molar-refractivity contribution < 1.29 is 9.59 Å². The molecule has 0 aliphatic carbocycles. The van der Waals surface area contributed by atoms with E-state index in [0.29, 0.717) is 28.4 Å². The number of carbonyl (C=O) groups excluding carboxylic acids is 2. The molecule has 0 saturated heterocycles. The van der Waals surface area contributed by atoms with Crippen molar-refractivity contribution in [2.75, 3.05) is 16.4 Å². The summed E-state index contributed by atoms with van der Waals surface area (Å²) in [5, 5.41) is 6.27. The smallest absolute Gasteiger partial charge is 0.255 e. The first-order valence-electron chi connectivity index (χ1n) is 7.17. The second-order valence-electron chi connectivity index (χ2n) is 5.27. The summed E-state index contributed by atoms with van der Waals surface area (Å²) in [6, 6.07) is 10.7. The highest BCUT2D eigenvalue weighted by atomic mass is 35.5. The Balaban J connectivity index is 1.85. The van der Waals surface area contributed by atoms with E-state index in [4.69, 9.17) is 11.6 Å². The molecule has 0 atom stereocenters. The number of fused-ring (bicyclic) bond motifs is 1. The van der Waals surface area contributed by atoms with Crippen LogP contribution in [0.3, 0.4) is 0 Å². The maximum Gasteiger partial charge on any atom is 0.255 e. The van der Waals surface area contributed by atoms with Crippen molar-refractivity contribution in [3.05, 3.63) is 52.5 Å². The molecule has 23 heavy (non-hydrogen) atoms. The number of amides is 2. The molecule has 2 aromatic carbocycles. The largest absolute Gasteiger partial charge is 0.325 e. The van der Waals surface area contributed by atoms with Gasteiger partial charge in [-0.2, -0.15) is 0 Å². The molecule has 0 aromatic heterocycles. The maximum atomic E-state index is 12.5. The van der Waals surface area contributed by atoms with Crippen LogP contribution in [0.4, 0.5) is 11.4 Å². The van der Waals surface area contributed by atoms with E-state index in [1.54, 1.807) is 36.0 Å². The van der Waals surface area contributed by atoms with Crippen LogP contribution in [0.25, 0.3) is 0 Å². The lowest BCUT2D eigenvalue weighted by atomic mass is 10.1. The zero-order chi connectivity index (χ0) is 16.4. The highest BCUT2D eigenvalue weighted by Crippen LogP contribution is 2.31. The van der Waals surface area contributed by atoms with Crippen LogP contribution in [0, 0.1) is 6.92 Å². The summed E-state index contributed by atoms with van der Waals surface area (Å²) in [5.41, 5.74) is 2.79. The Morgan fingerprint density at radius 2 is 2.09 bits per heavy atom. The predicted octanol–water partition coefficient (Wildman–Crippen LogP) is 4.34. The third kappa shape index (κ3) is 3.68. The van der Waals surface area contributed by atoms with Crippen molar-refractivity contribution in [3.8, 4) is 0 Å². The van der Waals surface area contributed by atoms with Gasteiger partial charge in [-0.1, -0.05) is 17.7 Å². The lowest BCUT2D eigenvalue weighted by Gasteiger charge is -2.11. The van der Waals surface area contributed by atoms with Gasteiger partial charge in [0.15, 0.2) is 0 Å². The third-order valence-electron chi connectivity index (χ3n) is 3.55. The average Bonchev–Trinajstić information content (AvgIpc) is 2.70. The minimum Gasteiger partial charge on any atom is -0.325 e. The summed E-state index contributed by atoms with van der Waals surface area (Å²) in [5.74, 6) is 0.479. The summed E-state index contributed by atoms with van der Waals surface area (Å²) in [7, 11) is 0. The molecule has 1 aliphatic heterocycles. The zero-order valence-corrected chi connectivity index (χ0v) is 14.1. The second-order valence-corrected chi connectivity index (χ2v) is 6.84. The van der Waals surface area contributed by atoms with E-state index >= 15 is 0 Å². The molecule has 2 amide bonds. The molecular formula is C17H15ClN2O2S. The van der Waals surface area contributed by atoms with Crippen LogP contribution in [0.2, 0.25) is 5.02 Å². The number of nitrogens with one attached hydrogen (secondary N) is 2. The third-order valence-corrected chi connectivity index (χ3v) is 4.86. The second kappa shape index (κ2) is 6.64. The van der Waals surface area contributed by atoms with Crippen LogP contribution in [-0.4, -0.2) is 17.6 Å². The molecule has 0 bridgehead atoms. The summed E-state index contributed by atoms with van der Waals surface area (Å²) in [6.07, 6.45) is 0.475. The summed E-state index contributed by atoms with van der Waals surface area (Å²) in [6.45, 7) is 1.90. The lowest BCUT2D eigenvalue weighted by Crippen LogP contribution is -2.14. The van der Waals surface area contributed by atoms with E-state index in [0.717, 1.165) is 16.2 Å². The van der Waals surface area contributed by atoms with Crippen LogP contribution < -0.4 is 10.6 Å². The van der Waals surface area contributed by atoms with Gasteiger partial charge in [0, 0.05) is 33.3 Å². The van der Waals surface area contributed by atoms with Crippen molar-refractivity contribution in [2.24, 2.45) is 0 Å². The molecule has 4 nitrogen and oxygen atoms in total. The van der Waals surface area contributed by atoms with Gasteiger partial charge < -0.3 is 10.6 Å². The highest BCUT2D eigenvalue weighted by Gasteiger charge is 2.16. The Morgan fingerprint density at radius 1 is 1.26 bits per heavy atom. The molecule has 0 radical (unpaired) electrons. The predicted molar refractivity (Wildman–Crippen MR) is 94.6 cm³/mol. The molecule has 0 fully saturated rings. The van der Waals surface area contributed by atoms with E-state index in [1.165, 1.54) is 0 Å².